The van der Waals surface area contributed by atoms with Crippen LogP contribution in [0.2, 0.25) is 0 Å². The fourth-order valence-corrected chi connectivity index (χ4v) is 2.68. The van der Waals surface area contributed by atoms with E-state index in [0.717, 1.165) is 5.56 Å². The summed E-state index contributed by atoms with van der Waals surface area (Å²) in [6.45, 7) is 4.44. The van der Waals surface area contributed by atoms with Crippen molar-refractivity contribution in [3.05, 3.63) is 65.0 Å². The highest BCUT2D eigenvalue weighted by molar-refractivity contribution is 5.97. The number of ether oxygens (including phenoxy) is 2. The van der Waals surface area contributed by atoms with E-state index in [4.69, 9.17) is 9.47 Å². The smallest absolute Gasteiger partial charge is 0.333 e. The topological polar surface area (TPSA) is 84.9 Å². The number of hydrogen-bond acceptors (Lipinski definition) is 4. The van der Waals surface area contributed by atoms with E-state index in [1.54, 1.807) is 30.3 Å². The maximum Gasteiger partial charge on any atom is 0.333 e. The zero-order valence-electron chi connectivity index (χ0n) is 16.8. The van der Waals surface area contributed by atoms with Gasteiger partial charge in [0.15, 0.2) is 6.10 Å². The van der Waals surface area contributed by atoms with E-state index in [1.807, 2.05) is 13.8 Å². The third kappa shape index (κ3) is 6.87. The summed E-state index contributed by atoms with van der Waals surface area (Å²) in [4.78, 5) is 24.1. The van der Waals surface area contributed by atoms with Gasteiger partial charge in [0.1, 0.15) is 11.6 Å². The summed E-state index contributed by atoms with van der Waals surface area (Å²) in [5.41, 5.74) is 1.69. The van der Waals surface area contributed by atoms with Crippen molar-refractivity contribution in [3.63, 3.8) is 0 Å². The molecule has 7 heteroatoms. The van der Waals surface area contributed by atoms with Gasteiger partial charge in [0.25, 0.3) is 5.91 Å². The summed E-state index contributed by atoms with van der Waals surface area (Å²) in [5.74, 6) is -1.19. The standard InChI is InChI=1S/C22H26FNO5/c1-14(2)13-29-20(22(26)27)11-16-6-9-19(28-3)18(10-16)21(25)24-12-15-4-7-17(23)8-5-15/h4-10,14,20H,11-13H2,1-3H3,(H,24,25)(H,26,27). The molecule has 1 unspecified atom stereocenters. The lowest BCUT2D eigenvalue weighted by atomic mass is 10.0. The second-order valence-electron chi connectivity index (χ2n) is 7.10. The number of carboxylic acid groups (broad SMARTS) is 1. The van der Waals surface area contributed by atoms with Crippen molar-refractivity contribution < 1.29 is 28.6 Å². The number of carbonyl (C=O) groups excluding carboxylic acids is 1. The van der Waals surface area contributed by atoms with Gasteiger partial charge in [-0.25, -0.2) is 9.18 Å². The third-order valence-electron chi connectivity index (χ3n) is 4.20. The Hall–Kier alpha value is -2.93. The first-order chi connectivity index (χ1) is 13.8. The van der Waals surface area contributed by atoms with E-state index in [0.29, 0.717) is 23.5 Å². The van der Waals surface area contributed by atoms with Crippen LogP contribution in [0, 0.1) is 11.7 Å². The molecule has 2 aromatic rings. The van der Waals surface area contributed by atoms with Crippen LogP contribution in [0.5, 0.6) is 5.75 Å². The van der Waals surface area contributed by atoms with Gasteiger partial charge in [-0.2, -0.15) is 0 Å². The van der Waals surface area contributed by atoms with Crippen LogP contribution in [-0.4, -0.2) is 36.8 Å². The summed E-state index contributed by atoms with van der Waals surface area (Å²) in [6.07, 6.45) is -0.870. The minimum absolute atomic E-state index is 0.129. The highest BCUT2D eigenvalue weighted by Gasteiger charge is 2.21. The van der Waals surface area contributed by atoms with Gasteiger partial charge >= 0.3 is 5.97 Å². The number of halogens is 1. The molecule has 0 saturated heterocycles. The van der Waals surface area contributed by atoms with E-state index >= 15 is 0 Å². The molecule has 2 aromatic carbocycles. The fraction of sp³-hybridized carbons (Fsp3) is 0.364. The predicted molar refractivity (Wildman–Crippen MR) is 106 cm³/mol. The molecule has 0 radical (unpaired) electrons. The summed E-state index contributed by atoms with van der Waals surface area (Å²) < 4.78 is 23.7. The molecule has 0 aromatic heterocycles. The lowest BCUT2D eigenvalue weighted by molar-refractivity contribution is -0.150. The molecular formula is C22H26FNO5. The molecule has 1 amide bonds. The minimum atomic E-state index is -1.05. The first kappa shape index (κ1) is 22.4. The number of carboxylic acids is 1. The van der Waals surface area contributed by atoms with Crippen LogP contribution in [0.4, 0.5) is 4.39 Å². The van der Waals surface area contributed by atoms with Gasteiger partial charge in [-0.05, 0) is 41.3 Å². The average molecular weight is 403 g/mol. The second kappa shape index (κ2) is 10.6. The molecule has 0 aliphatic rings. The van der Waals surface area contributed by atoms with E-state index in [-0.39, 0.29) is 30.6 Å². The molecule has 0 fully saturated rings. The Kier molecular flexibility index (Phi) is 8.15. The lowest BCUT2D eigenvalue weighted by Gasteiger charge is -2.17. The maximum atomic E-state index is 13.0. The van der Waals surface area contributed by atoms with Crippen molar-refractivity contribution in [1.29, 1.82) is 0 Å². The first-order valence-corrected chi connectivity index (χ1v) is 9.34. The fourth-order valence-electron chi connectivity index (χ4n) is 2.68. The highest BCUT2D eigenvalue weighted by atomic mass is 19.1. The van der Waals surface area contributed by atoms with Crippen molar-refractivity contribution in [3.8, 4) is 5.75 Å². The number of hydrogen-bond donors (Lipinski definition) is 2. The SMILES string of the molecule is COc1ccc(CC(OCC(C)C)C(=O)O)cc1C(=O)NCc1ccc(F)cc1. The Labute approximate surface area is 169 Å². The molecule has 0 aliphatic heterocycles. The summed E-state index contributed by atoms with van der Waals surface area (Å²) >= 11 is 0. The molecule has 29 heavy (non-hydrogen) atoms. The number of aliphatic carboxylic acids is 1. The van der Waals surface area contributed by atoms with Crippen LogP contribution in [0.15, 0.2) is 42.5 Å². The van der Waals surface area contributed by atoms with Gasteiger partial charge < -0.3 is 19.9 Å². The van der Waals surface area contributed by atoms with Crippen LogP contribution < -0.4 is 10.1 Å². The second-order valence-corrected chi connectivity index (χ2v) is 7.10. The molecule has 0 aliphatic carbocycles. The van der Waals surface area contributed by atoms with Crippen molar-refractivity contribution in [2.45, 2.75) is 32.9 Å². The minimum Gasteiger partial charge on any atom is -0.496 e. The number of rotatable bonds is 10. The average Bonchev–Trinajstić information content (AvgIpc) is 2.69. The molecule has 2 N–H and O–H groups in total. The van der Waals surface area contributed by atoms with Crippen molar-refractivity contribution in [2.75, 3.05) is 13.7 Å². The maximum absolute atomic E-state index is 13.0. The van der Waals surface area contributed by atoms with Gasteiger partial charge in [-0.15, -0.1) is 0 Å². The van der Waals surface area contributed by atoms with E-state index in [1.165, 1.54) is 19.2 Å². The van der Waals surface area contributed by atoms with Crippen LogP contribution >= 0.6 is 0 Å². The number of carbonyl (C=O) groups is 2. The predicted octanol–water partition coefficient (Wildman–Crippen LogP) is 3.43. The molecule has 0 saturated carbocycles. The van der Waals surface area contributed by atoms with Gasteiger partial charge in [0.2, 0.25) is 0 Å². The molecule has 2 rings (SSSR count). The lowest BCUT2D eigenvalue weighted by Crippen LogP contribution is -2.28. The summed E-state index contributed by atoms with van der Waals surface area (Å²) in [7, 11) is 1.46. The van der Waals surface area contributed by atoms with Crippen LogP contribution in [0.1, 0.15) is 35.3 Å². The Morgan fingerprint density at radius 1 is 1.10 bits per heavy atom. The summed E-state index contributed by atoms with van der Waals surface area (Å²) in [6, 6.07) is 10.8. The van der Waals surface area contributed by atoms with Crippen molar-refractivity contribution >= 4 is 11.9 Å². The van der Waals surface area contributed by atoms with Crippen LogP contribution in [0.3, 0.4) is 0 Å². The zero-order chi connectivity index (χ0) is 21.4. The highest BCUT2D eigenvalue weighted by Crippen LogP contribution is 2.21. The largest absolute Gasteiger partial charge is 0.496 e. The number of benzene rings is 2. The summed E-state index contributed by atoms with van der Waals surface area (Å²) in [5, 5.41) is 12.2. The third-order valence-corrected chi connectivity index (χ3v) is 4.20. The molecule has 1 atom stereocenters. The molecular weight excluding hydrogens is 377 g/mol. The number of amides is 1. The quantitative estimate of drug-likeness (QED) is 0.635. The van der Waals surface area contributed by atoms with E-state index in [2.05, 4.69) is 5.32 Å². The van der Waals surface area contributed by atoms with Gasteiger partial charge in [0.05, 0.1) is 19.3 Å². The molecule has 156 valence electrons. The van der Waals surface area contributed by atoms with Crippen molar-refractivity contribution in [2.24, 2.45) is 5.92 Å². The van der Waals surface area contributed by atoms with Crippen LogP contribution in [0.25, 0.3) is 0 Å². The monoisotopic (exact) mass is 403 g/mol. The van der Waals surface area contributed by atoms with Gasteiger partial charge in [-0.1, -0.05) is 32.0 Å². The van der Waals surface area contributed by atoms with Crippen LogP contribution in [-0.2, 0) is 22.5 Å². The Balaban J connectivity index is 2.12. The number of nitrogens with one attached hydrogen (secondary N) is 1. The molecule has 6 nitrogen and oxygen atoms in total. The molecule has 0 heterocycles. The zero-order valence-corrected chi connectivity index (χ0v) is 16.8. The van der Waals surface area contributed by atoms with E-state index < -0.39 is 12.1 Å². The Morgan fingerprint density at radius 2 is 1.76 bits per heavy atom. The van der Waals surface area contributed by atoms with Gasteiger partial charge in [-0.3, -0.25) is 4.79 Å². The number of methoxy groups -OCH3 is 1. The normalized spacial score (nSPS) is 11.9. The van der Waals surface area contributed by atoms with E-state index in [9.17, 15) is 19.1 Å². The molecule has 0 bridgehead atoms. The van der Waals surface area contributed by atoms with Gasteiger partial charge in [0, 0.05) is 13.0 Å². The Morgan fingerprint density at radius 3 is 2.34 bits per heavy atom. The molecule has 0 spiro atoms. The van der Waals surface area contributed by atoms with Crippen molar-refractivity contribution in [1.82, 2.24) is 5.32 Å². The Bertz CT molecular complexity index is 836. The first-order valence-electron chi connectivity index (χ1n) is 9.34.